The molecule has 2 aromatic carbocycles. The molecule has 11 heteroatoms. The van der Waals surface area contributed by atoms with Crippen LogP contribution in [0.3, 0.4) is 0 Å². The molecule has 0 aliphatic heterocycles. The highest BCUT2D eigenvalue weighted by molar-refractivity contribution is 5.98. The van der Waals surface area contributed by atoms with Crippen LogP contribution >= 0.6 is 0 Å². The average Bonchev–Trinajstić information content (AvgIpc) is 3.19. The number of nitrogens with one attached hydrogen (secondary N) is 2. The molecule has 0 atom stereocenters. The van der Waals surface area contributed by atoms with Crippen molar-refractivity contribution in [2.45, 2.75) is 20.0 Å². The Morgan fingerprint density at radius 2 is 1.85 bits per heavy atom. The summed E-state index contributed by atoms with van der Waals surface area (Å²) in [6.07, 6.45) is -2.18. The smallest absolute Gasteiger partial charge is 0.372 e. The number of rotatable bonds is 8. The van der Waals surface area contributed by atoms with Crippen molar-refractivity contribution in [3.05, 3.63) is 59.9 Å². The zero-order chi connectivity index (χ0) is 28.5. The summed E-state index contributed by atoms with van der Waals surface area (Å²) < 4.78 is 43.9. The number of fused-ring (bicyclic) bond motifs is 1. The van der Waals surface area contributed by atoms with Crippen LogP contribution in [0.1, 0.15) is 18.1 Å². The fraction of sp³-hybridized carbons (Fsp3) is 0.321. The summed E-state index contributed by atoms with van der Waals surface area (Å²) in [6, 6.07) is 10.8. The number of benzene rings is 2. The minimum atomic E-state index is -4.64. The van der Waals surface area contributed by atoms with Gasteiger partial charge in [0.25, 0.3) is 0 Å². The van der Waals surface area contributed by atoms with Crippen molar-refractivity contribution >= 4 is 39.8 Å². The van der Waals surface area contributed by atoms with E-state index in [0.29, 0.717) is 22.3 Å². The molecule has 0 bridgehead atoms. The first-order valence-electron chi connectivity index (χ1n) is 12.4. The third kappa shape index (κ3) is 6.14. The molecule has 0 radical (unpaired) electrons. The summed E-state index contributed by atoms with van der Waals surface area (Å²) in [4.78, 5) is 24.3. The van der Waals surface area contributed by atoms with E-state index in [-0.39, 0.29) is 17.5 Å². The molecular weight excluding hydrogens is 507 g/mol. The second-order valence-corrected chi connectivity index (χ2v) is 9.84. The second kappa shape index (κ2) is 10.9. The van der Waals surface area contributed by atoms with Gasteiger partial charge in [0.1, 0.15) is 5.56 Å². The minimum Gasteiger partial charge on any atom is -0.372 e. The van der Waals surface area contributed by atoms with Crippen molar-refractivity contribution in [1.29, 1.82) is 0 Å². The normalized spacial score (nSPS) is 11.7. The van der Waals surface area contributed by atoms with Crippen LogP contribution in [0.25, 0.3) is 22.2 Å². The fourth-order valence-corrected chi connectivity index (χ4v) is 4.55. The van der Waals surface area contributed by atoms with E-state index in [1.165, 1.54) is 6.92 Å². The monoisotopic (exact) mass is 539 g/mol. The van der Waals surface area contributed by atoms with Gasteiger partial charge in [-0.2, -0.15) is 13.2 Å². The van der Waals surface area contributed by atoms with Crippen LogP contribution in [0.5, 0.6) is 0 Å². The predicted octanol–water partition coefficient (Wildman–Crippen LogP) is 5.66. The number of carbonyl (C=O) groups is 1. The van der Waals surface area contributed by atoms with E-state index in [2.05, 4.69) is 25.5 Å². The Hall–Kier alpha value is -4.12. The molecule has 4 rings (SSSR count). The van der Waals surface area contributed by atoms with Gasteiger partial charge in [-0.3, -0.25) is 4.79 Å². The van der Waals surface area contributed by atoms with E-state index < -0.39 is 11.7 Å². The number of hydrogen-bond acceptors (Lipinski definition) is 6. The van der Waals surface area contributed by atoms with Crippen LogP contribution in [0.4, 0.5) is 36.2 Å². The summed E-state index contributed by atoms with van der Waals surface area (Å²) in [6.45, 7) is 4.87. The highest BCUT2D eigenvalue weighted by Crippen LogP contribution is 2.40. The number of likely N-dealkylation sites (N-methyl/N-ethyl adjacent to an activating group) is 2. The van der Waals surface area contributed by atoms with Gasteiger partial charge in [0.15, 0.2) is 0 Å². The molecule has 0 aliphatic carbocycles. The van der Waals surface area contributed by atoms with Crippen LogP contribution in [-0.2, 0) is 18.0 Å². The first kappa shape index (κ1) is 27.9. The lowest BCUT2D eigenvalue weighted by Gasteiger charge is -2.24. The van der Waals surface area contributed by atoms with Gasteiger partial charge < -0.3 is 25.0 Å². The maximum atomic E-state index is 14.0. The van der Waals surface area contributed by atoms with Gasteiger partial charge in [0.05, 0.1) is 22.6 Å². The quantitative estimate of drug-likeness (QED) is 0.301. The van der Waals surface area contributed by atoms with E-state index in [9.17, 15) is 18.0 Å². The molecule has 206 valence electrons. The van der Waals surface area contributed by atoms with Gasteiger partial charge in [-0.15, -0.1) is 0 Å². The van der Waals surface area contributed by atoms with Crippen molar-refractivity contribution in [2.24, 2.45) is 7.05 Å². The predicted molar refractivity (Wildman–Crippen MR) is 150 cm³/mol. The van der Waals surface area contributed by atoms with Gasteiger partial charge in [-0.25, -0.2) is 9.97 Å². The van der Waals surface area contributed by atoms with E-state index >= 15 is 0 Å². The van der Waals surface area contributed by atoms with Gasteiger partial charge >= 0.3 is 6.18 Å². The Kier molecular flexibility index (Phi) is 7.82. The molecule has 2 N–H and O–H groups in total. The lowest BCUT2D eigenvalue weighted by atomic mass is 10.0. The number of carbonyl (C=O) groups excluding carboxylic acids is 1. The molecule has 2 heterocycles. The lowest BCUT2D eigenvalue weighted by molar-refractivity contribution is -0.137. The molecule has 0 saturated heterocycles. The molecule has 0 fully saturated rings. The first-order valence-corrected chi connectivity index (χ1v) is 12.4. The average molecular weight is 540 g/mol. The Morgan fingerprint density at radius 1 is 1.10 bits per heavy atom. The number of anilines is 4. The number of halogens is 3. The Balaban J connectivity index is 1.75. The molecule has 39 heavy (non-hydrogen) atoms. The van der Waals surface area contributed by atoms with E-state index in [1.54, 1.807) is 36.0 Å². The standard InChI is InChI=1S/C28H32F3N7O/c1-17-8-7-9-20-21(16-38(6)26(17)20)25-22(28(29,30)31)15-32-27(35-25)34-19-10-11-24(23(14-19)33-18(2)39)37(5)13-12-36(3)4/h7-11,14-16H,12-13H2,1-6H3,(H,33,39)(H,32,34,35). The largest absolute Gasteiger partial charge is 0.419 e. The van der Waals surface area contributed by atoms with Crippen LogP contribution in [-0.4, -0.2) is 59.6 Å². The zero-order valence-corrected chi connectivity index (χ0v) is 22.8. The van der Waals surface area contributed by atoms with Gasteiger partial charge in [-0.1, -0.05) is 18.2 Å². The number of nitrogens with zero attached hydrogens (tertiary/aromatic N) is 5. The van der Waals surface area contributed by atoms with Crippen LogP contribution < -0.4 is 15.5 Å². The fourth-order valence-electron chi connectivity index (χ4n) is 4.55. The number of aryl methyl sites for hydroxylation is 2. The molecule has 0 spiro atoms. The molecule has 8 nitrogen and oxygen atoms in total. The molecule has 0 saturated carbocycles. The number of aromatic nitrogens is 3. The Morgan fingerprint density at radius 3 is 2.51 bits per heavy atom. The summed E-state index contributed by atoms with van der Waals surface area (Å²) in [5, 5.41) is 6.52. The molecule has 1 amide bonds. The third-order valence-corrected chi connectivity index (χ3v) is 6.41. The van der Waals surface area contributed by atoms with Gasteiger partial charge in [-0.05, 0) is 44.8 Å². The van der Waals surface area contributed by atoms with Crippen LogP contribution in [0, 0.1) is 6.92 Å². The minimum absolute atomic E-state index is 0.00476. The highest BCUT2D eigenvalue weighted by atomic mass is 19.4. The topological polar surface area (TPSA) is 78.3 Å². The van der Waals surface area contributed by atoms with Crippen molar-refractivity contribution in [1.82, 2.24) is 19.4 Å². The molecular formula is C28H32F3N7O. The summed E-state index contributed by atoms with van der Waals surface area (Å²) >= 11 is 0. The Bertz CT molecular complexity index is 1510. The number of hydrogen-bond donors (Lipinski definition) is 2. The highest BCUT2D eigenvalue weighted by Gasteiger charge is 2.36. The summed E-state index contributed by atoms with van der Waals surface area (Å²) in [5.74, 6) is -0.237. The van der Waals surface area contributed by atoms with E-state index in [4.69, 9.17) is 0 Å². The Labute approximate surface area is 225 Å². The summed E-state index contributed by atoms with van der Waals surface area (Å²) in [7, 11) is 7.68. The zero-order valence-electron chi connectivity index (χ0n) is 22.8. The van der Waals surface area contributed by atoms with Crippen molar-refractivity contribution in [2.75, 3.05) is 49.8 Å². The summed E-state index contributed by atoms with van der Waals surface area (Å²) in [5.41, 5.74) is 2.90. The first-order chi connectivity index (χ1) is 18.3. The second-order valence-electron chi connectivity index (χ2n) is 9.84. The van der Waals surface area contributed by atoms with E-state index in [0.717, 1.165) is 36.1 Å². The number of alkyl halides is 3. The maximum absolute atomic E-state index is 14.0. The maximum Gasteiger partial charge on any atom is 0.419 e. The van der Waals surface area contributed by atoms with Gasteiger partial charge in [0.2, 0.25) is 11.9 Å². The molecule has 4 aromatic rings. The van der Waals surface area contributed by atoms with E-state index in [1.807, 2.05) is 51.2 Å². The third-order valence-electron chi connectivity index (χ3n) is 6.41. The van der Waals surface area contributed by atoms with Gasteiger partial charge in [0, 0.05) is 63.1 Å². The van der Waals surface area contributed by atoms with Crippen LogP contribution in [0.2, 0.25) is 0 Å². The van der Waals surface area contributed by atoms with Crippen LogP contribution in [0.15, 0.2) is 48.8 Å². The number of para-hydroxylation sites is 1. The van der Waals surface area contributed by atoms with Crippen molar-refractivity contribution < 1.29 is 18.0 Å². The van der Waals surface area contributed by atoms with Crippen molar-refractivity contribution in [3.63, 3.8) is 0 Å². The van der Waals surface area contributed by atoms with Crippen molar-refractivity contribution in [3.8, 4) is 11.3 Å². The number of amides is 1. The molecule has 0 unspecified atom stereocenters. The lowest BCUT2D eigenvalue weighted by Crippen LogP contribution is -2.29. The molecule has 0 aliphatic rings. The SMILES string of the molecule is CC(=O)Nc1cc(Nc2ncc(C(F)(F)F)c(-c3cn(C)c4c(C)cccc34)n2)ccc1N(C)CCN(C)C. The molecule has 2 aromatic heterocycles.